The minimum Gasteiger partial charge on any atom is -0.461 e. The SMILES string of the molecule is Nn1c(SC(C(=O)N2CCCCC2)c2ccccc2)nnc1-c1ccco1. The van der Waals surface area contributed by atoms with Crippen molar-refractivity contribution in [3.8, 4) is 11.6 Å². The van der Waals surface area contributed by atoms with E-state index in [0.717, 1.165) is 31.5 Å². The molecule has 7 nitrogen and oxygen atoms in total. The lowest BCUT2D eigenvalue weighted by Gasteiger charge is -2.30. The minimum absolute atomic E-state index is 0.0912. The first-order valence-electron chi connectivity index (χ1n) is 8.99. The van der Waals surface area contributed by atoms with Gasteiger partial charge in [0.2, 0.25) is 16.9 Å². The van der Waals surface area contributed by atoms with Gasteiger partial charge in [0.25, 0.3) is 0 Å². The second-order valence-electron chi connectivity index (χ2n) is 6.45. The molecule has 1 aromatic carbocycles. The van der Waals surface area contributed by atoms with Gasteiger partial charge >= 0.3 is 0 Å². The zero-order valence-corrected chi connectivity index (χ0v) is 15.6. The van der Waals surface area contributed by atoms with E-state index in [-0.39, 0.29) is 5.91 Å². The van der Waals surface area contributed by atoms with Gasteiger partial charge in [-0.3, -0.25) is 4.79 Å². The minimum atomic E-state index is -0.416. The van der Waals surface area contributed by atoms with E-state index >= 15 is 0 Å². The van der Waals surface area contributed by atoms with Gasteiger partial charge in [-0.2, -0.15) is 0 Å². The summed E-state index contributed by atoms with van der Waals surface area (Å²) in [5.41, 5.74) is 0.931. The second kappa shape index (κ2) is 7.87. The number of nitrogens with two attached hydrogens (primary N) is 1. The van der Waals surface area contributed by atoms with Crippen molar-refractivity contribution in [2.75, 3.05) is 18.9 Å². The molecule has 2 aromatic heterocycles. The van der Waals surface area contributed by atoms with Gasteiger partial charge in [-0.05, 0) is 37.0 Å². The number of benzene rings is 1. The molecular weight excluding hydrogens is 362 g/mol. The first-order chi connectivity index (χ1) is 13.2. The van der Waals surface area contributed by atoms with Gasteiger partial charge in [-0.1, -0.05) is 42.1 Å². The van der Waals surface area contributed by atoms with Crippen molar-refractivity contribution >= 4 is 17.7 Å². The van der Waals surface area contributed by atoms with Crippen LogP contribution in [0.3, 0.4) is 0 Å². The standard InChI is InChI=1S/C19H21N5O2S/c20-24-17(15-10-7-13-26-15)21-22-19(24)27-16(14-8-3-1-4-9-14)18(25)23-11-5-2-6-12-23/h1,3-4,7-10,13,16H,2,5-6,11-12,20H2. The molecule has 140 valence electrons. The van der Waals surface area contributed by atoms with Gasteiger partial charge in [0, 0.05) is 13.1 Å². The van der Waals surface area contributed by atoms with Crippen molar-refractivity contribution in [3.63, 3.8) is 0 Å². The van der Waals surface area contributed by atoms with Crippen molar-refractivity contribution in [1.29, 1.82) is 0 Å². The summed E-state index contributed by atoms with van der Waals surface area (Å²) < 4.78 is 6.74. The molecule has 3 heterocycles. The Morgan fingerprint density at radius 1 is 1.07 bits per heavy atom. The molecule has 8 heteroatoms. The molecule has 4 rings (SSSR count). The molecule has 1 aliphatic rings. The van der Waals surface area contributed by atoms with Gasteiger partial charge in [-0.15, -0.1) is 10.2 Å². The average Bonchev–Trinajstić information content (AvgIpc) is 3.37. The Bertz CT molecular complexity index is 888. The highest BCUT2D eigenvalue weighted by Crippen LogP contribution is 2.37. The lowest BCUT2D eigenvalue weighted by molar-refractivity contribution is -0.131. The predicted molar refractivity (Wildman–Crippen MR) is 103 cm³/mol. The van der Waals surface area contributed by atoms with Crippen molar-refractivity contribution in [2.45, 2.75) is 29.7 Å². The van der Waals surface area contributed by atoms with Gasteiger partial charge < -0.3 is 15.2 Å². The summed E-state index contributed by atoms with van der Waals surface area (Å²) in [5, 5.41) is 8.37. The summed E-state index contributed by atoms with van der Waals surface area (Å²) in [6.45, 7) is 1.60. The molecule has 1 fully saturated rings. The molecular formula is C19H21N5O2S. The largest absolute Gasteiger partial charge is 0.461 e. The highest BCUT2D eigenvalue weighted by atomic mass is 32.2. The quantitative estimate of drug-likeness (QED) is 0.538. The van der Waals surface area contributed by atoms with Gasteiger partial charge in [0.1, 0.15) is 5.25 Å². The molecule has 0 saturated carbocycles. The summed E-state index contributed by atoms with van der Waals surface area (Å²) in [4.78, 5) is 15.2. The highest BCUT2D eigenvalue weighted by Gasteiger charge is 2.30. The molecule has 1 amide bonds. The average molecular weight is 383 g/mol. The molecule has 1 unspecified atom stereocenters. The fraction of sp³-hybridized carbons (Fsp3) is 0.316. The highest BCUT2D eigenvalue weighted by molar-refractivity contribution is 8.00. The third-order valence-corrected chi connectivity index (χ3v) is 5.82. The van der Waals surface area contributed by atoms with E-state index in [4.69, 9.17) is 10.3 Å². The Morgan fingerprint density at radius 3 is 2.56 bits per heavy atom. The monoisotopic (exact) mass is 383 g/mol. The number of aromatic nitrogens is 3. The van der Waals surface area contributed by atoms with E-state index < -0.39 is 5.25 Å². The number of rotatable bonds is 5. The van der Waals surface area contributed by atoms with Crippen LogP contribution in [0.4, 0.5) is 0 Å². The van der Waals surface area contributed by atoms with Crippen LogP contribution in [0.5, 0.6) is 0 Å². The summed E-state index contributed by atoms with van der Waals surface area (Å²) >= 11 is 1.32. The molecule has 2 N–H and O–H groups in total. The van der Waals surface area contributed by atoms with Crippen LogP contribution in [0.15, 0.2) is 58.3 Å². The van der Waals surface area contributed by atoms with Crippen LogP contribution >= 0.6 is 11.8 Å². The fourth-order valence-electron chi connectivity index (χ4n) is 3.21. The smallest absolute Gasteiger partial charge is 0.240 e. The second-order valence-corrected chi connectivity index (χ2v) is 7.52. The molecule has 0 spiro atoms. The Balaban J connectivity index is 1.63. The maximum Gasteiger partial charge on any atom is 0.240 e. The van der Waals surface area contributed by atoms with Crippen LogP contribution in [0.25, 0.3) is 11.6 Å². The third kappa shape index (κ3) is 3.71. The van der Waals surface area contributed by atoms with E-state index in [1.807, 2.05) is 35.2 Å². The topological polar surface area (TPSA) is 90.2 Å². The molecule has 0 aliphatic carbocycles. The van der Waals surface area contributed by atoms with Crippen molar-refractivity contribution in [2.24, 2.45) is 0 Å². The third-order valence-electron chi connectivity index (χ3n) is 4.62. The van der Waals surface area contributed by atoms with E-state index in [0.29, 0.717) is 16.7 Å². The van der Waals surface area contributed by atoms with Crippen LogP contribution in [0.1, 0.15) is 30.1 Å². The van der Waals surface area contributed by atoms with Gasteiger partial charge in [-0.25, -0.2) is 4.68 Å². The molecule has 1 aliphatic heterocycles. The van der Waals surface area contributed by atoms with Crippen LogP contribution < -0.4 is 5.84 Å². The Hall–Kier alpha value is -2.74. The normalized spacial score (nSPS) is 15.6. The lowest BCUT2D eigenvalue weighted by Crippen LogP contribution is -2.38. The number of nitrogens with zero attached hydrogens (tertiary/aromatic N) is 4. The predicted octanol–water partition coefficient (Wildman–Crippen LogP) is 3.10. The summed E-state index contributed by atoms with van der Waals surface area (Å²) in [6, 6.07) is 13.3. The maximum atomic E-state index is 13.2. The van der Waals surface area contributed by atoms with Crippen molar-refractivity contribution in [3.05, 3.63) is 54.3 Å². The zero-order chi connectivity index (χ0) is 18.6. The van der Waals surface area contributed by atoms with Gasteiger partial charge in [0.15, 0.2) is 5.76 Å². The van der Waals surface area contributed by atoms with E-state index in [2.05, 4.69) is 10.2 Å². The number of amides is 1. The number of furan rings is 1. The van der Waals surface area contributed by atoms with Crippen molar-refractivity contribution < 1.29 is 9.21 Å². The zero-order valence-electron chi connectivity index (χ0n) is 14.8. The van der Waals surface area contributed by atoms with Crippen molar-refractivity contribution in [1.82, 2.24) is 19.8 Å². The number of hydrogen-bond donors (Lipinski definition) is 1. The fourth-order valence-corrected chi connectivity index (χ4v) is 4.25. The lowest BCUT2D eigenvalue weighted by atomic mass is 10.1. The number of carbonyl (C=O) groups excluding carboxylic acids is 1. The number of carbonyl (C=O) groups is 1. The Labute approximate surface area is 161 Å². The summed E-state index contributed by atoms with van der Waals surface area (Å²) in [7, 11) is 0. The van der Waals surface area contributed by atoms with E-state index in [9.17, 15) is 4.79 Å². The number of likely N-dealkylation sites (tertiary alicyclic amines) is 1. The molecule has 3 aromatic rings. The summed E-state index contributed by atoms with van der Waals surface area (Å²) in [5.74, 6) is 7.24. The number of thioether (sulfide) groups is 1. The first-order valence-corrected chi connectivity index (χ1v) is 9.87. The number of hydrogen-bond acceptors (Lipinski definition) is 6. The molecule has 27 heavy (non-hydrogen) atoms. The van der Waals surface area contributed by atoms with E-state index in [1.165, 1.54) is 22.9 Å². The van der Waals surface area contributed by atoms with Crippen LogP contribution in [-0.2, 0) is 4.79 Å². The van der Waals surface area contributed by atoms with Crippen LogP contribution in [-0.4, -0.2) is 38.8 Å². The maximum absolute atomic E-state index is 13.2. The molecule has 0 bridgehead atoms. The van der Waals surface area contributed by atoms with Crippen LogP contribution in [0, 0.1) is 0 Å². The molecule has 1 saturated heterocycles. The Morgan fingerprint density at radius 2 is 1.85 bits per heavy atom. The Kier molecular flexibility index (Phi) is 5.15. The van der Waals surface area contributed by atoms with Gasteiger partial charge in [0.05, 0.1) is 6.26 Å². The number of nitrogen functional groups attached to an aromatic ring is 1. The molecule has 1 atom stereocenters. The first kappa shape index (κ1) is 17.7. The number of piperidine rings is 1. The summed E-state index contributed by atoms with van der Waals surface area (Å²) in [6.07, 6.45) is 4.83. The van der Waals surface area contributed by atoms with Crippen LogP contribution in [0.2, 0.25) is 0 Å². The van der Waals surface area contributed by atoms with E-state index in [1.54, 1.807) is 18.4 Å². The molecule has 0 radical (unpaired) electrons.